The predicted octanol–water partition coefficient (Wildman–Crippen LogP) is 2.13. The van der Waals surface area contributed by atoms with E-state index in [1.165, 1.54) is 5.56 Å². The first kappa shape index (κ1) is 11.6. The average Bonchev–Trinajstić information content (AvgIpc) is 2.27. The van der Waals surface area contributed by atoms with Crippen molar-refractivity contribution in [2.45, 2.75) is 51.5 Å². The van der Waals surface area contributed by atoms with Crippen LogP contribution in [0.3, 0.4) is 0 Å². The molecule has 88 valence electrons. The lowest BCUT2D eigenvalue weighted by Crippen LogP contribution is -2.40. The van der Waals surface area contributed by atoms with E-state index in [9.17, 15) is 0 Å². The van der Waals surface area contributed by atoms with Crippen molar-refractivity contribution in [3.8, 4) is 0 Å². The second kappa shape index (κ2) is 5.41. The fourth-order valence-corrected chi connectivity index (χ4v) is 2.33. The Hall–Kier alpha value is -0.930. The van der Waals surface area contributed by atoms with Crippen molar-refractivity contribution in [2.75, 3.05) is 0 Å². The Kier molecular flexibility index (Phi) is 3.91. The molecule has 2 heterocycles. The maximum Gasteiger partial charge on any atom is 0.0565 e. The molecular formula is C13H20N2O. The van der Waals surface area contributed by atoms with Gasteiger partial charge in [-0.2, -0.15) is 0 Å². The average molecular weight is 220 g/mol. The summed E-state index contributed by atoms with van der Waals surface area (Å²) in [4.78, 5) is 4.02. The van der Waals surface area contributed by atoms with Gasteiger partial charge in [0.05, 0.1) is 12.2 Å². The quantitative estimate of drug-likeness (QED) is 0.847. The van der Waals surface area contributed by atoms with Gasteiger partial charge >= 0.3 is 0 Å². The molecular weight excluding hydrogens is 200 g/mol. The molecule has 2 unspecified atom stereocenters. The molecule has 0 radical (unpaired) electrons. The summed E-state index contributed by atoms with van der Waals surface area (Å²) in [5.74, 6) is 0. The van der Waals surface area contributed by atoms with Crippen LogP contribution in [-0.4, -0.2) is 23.2 Å². The standard InChI is InChI=1S/C13H20N2O/c1-10-7-13(8-11(2)16-10)15-9-12-3-5-14-6-4-12/h3-6,10-11,13,15H,7-9H2,1-2H3. The summed E-state index contributed by atoms with van der Waals surface area (Å²) in [5.41, 5.74) is 1.29. The number of hydrogen-bond donors (Lipinski definition) is 1. The maximum atomic E-state index is 5.72. The molecule has 3 heteroatoms. The third-order valence-electron chi connectivity index (χ3n) is 3.04. The lowest BCUT2D eigenvalue weighted by molar-refractivity contribution is -0.0422. The summed E-state index contributed by atoms with van der Waals surface area (Å²) in [7, 11) is 0. The molecule has 1 aromatic heterocycles. The number of pyridine rings is 1. The molecule has 0 aromatic carbocycles. The van der Waals surface area contributed by atoms with Crippen LogP contribution in [0.15, 0.2) is 24.5 Å². The van der Waals surface area contributed by atoms with Crippen molar-refractivity contribution in [1.29, 1.82) is 0 Å². The molecule has 0 aliphatic carbocycles. The number of nitrogens with zero attached hydrogens (tertiary/aromatic N) is 1. The van der Waals surface area contributed by atoms with E-state index in [0.29, 0.717) is 18.2 Å². The first-order chi connectivity index (χ1) is 7.74. The van der Waals surface area contributed by atoms with Gasteiger partial charge in [0.1, 0.15) is 0 Å². The van der Waals surface area contributed by atoms with Crippen molar-refractivity contribution >= 4 is 0 Å². The van der Waals surface area contributed by atoms with E-state index < -0.39 is 0 Å². The van der Waals surface area contributed by atoms with Crippen LogP contribution in [-0.2, 0) is 11.3 Å². The Morgan fingerprint density at radius 2 is 1.88 bits per heavy atom. The zero-order valence-corrected chi connectivity index (χ0v) is 10.0. The zero-order chi connectivity index (χ0) is 11.4. The summed E-state index contributed by atoms with van der Waals surface area (Å²) in [6.45, 7) is 5.22. The van der Waals surface area contributed by atoms with Gasteiger partial charge in [-0.1, -0.05) is 0 Å². The molecule has 1 aliphatic heterocycles. The number of ether oxygens (including phenoxy) is 1. The molecule has 1 aromatic rings. The highest BCUT2D eigenvalue weighted by Crippen LogP contribution is 2.19. The monoisotopic (exact) mass is 220 g/mol. The largest absolute Gasteiger partial charge is 0.375 e. The summed E-state index contributed by atoms with van der Waals surface area (Å²) in [6, 6.07) is 4.69. The Balaban J connectivity index is 1.81. The van der Waals surface area contributed by atoms with Crippen molar-refractivity contribution in [1.82, 2.24) is 10.3 Å². The Bertz CT molecular complexity index is 305. The fraction of sp³-hybridized carbons (Fsp3) is 0.615. The lowest BCUT2D eigenvalue weighted by atomic mass is 10.00. The van der Waals surface area contributed by atoms with E-state index in [1.54, 1.807) is 0 Å². The Morgan fingerprint density at radius 1 is 1.25 bits per heavy atom. The topological polar surface area (TPSA) is 34.2 Å². The van der Waals surface area contributed by atoms with Crippen molar-refractivity contribution in [3.05, 3.63) is 30.1 Å². The highest BCUT2D eigenvalue weighted by atomic mass is 16.5. The van der Waals surface area contributed by atoms with Gasteiger partial charge in [-0.15, -0.1) is 0 Å². The molecule has 0 bridgehead atoms. The number of rotatable bonds is 3. The van der Waals surface area contributed by atoms with Crippen molar-refractivity contribution in [3.63, 3.8) is 0 Å². The minimum absolute atomic E-state index is 0.374. The Morgan fingerprint density at radius 3 is 2.50 bits per heavy atom. The van der Waals surface area contributed by atoms with Crippen LogP contribution >= 0.6 is 0 Å². The van der Waals surface area contributed by atoms with Gasteiger partial charge < -0.3 is 10.1 Å². The lowest BCUT2D eigenvalue weighted by Gasteiger charge is -2.32. The van der Waals surface area contributed by atoms with Gasteiger partial charge in [0.15, 0.2) is 0 Å². The van der Waals surface area contributed by atoms with E-state index in [4.69, 9.17) is 4.74 Å². The molecule has 2 atom stereocenters. The normalized spacial score (nSPS) is 30.2. The molecule has 1 saturated heterocycles. The van der Waals surface area contributed by atoms with Crippen molar-refractivity contribution < 1.29 is 4.74 Å². The first-order valence-corrected chi connectivity index (χ1v) is 6.02. The molecule has 3 nitrogen and oxygen atoms in total. The van der Waals surface area contributed by atoms with E-state index in [2.05, 4.69) is 36.3 Å². The summed E-state index contributed by atoms with van der Waals surface area (Å²) in [5, 5.41) is 3.59. The summed E-state index contributed by atoms with van der Waals surface area (Å²) in [6.07, 6.45) is 6.64. The van der Waals surface area contributed by atoms with Crippen LogP contribution in [0.25, 0.3) is 0 Å². The number of hydrogen-bond acceptors (Lipinski definition) is 3. The summed E-state index contributed by atoms with van der Waals surface area (Å²) < 4.78 is 5.72. The van der Waals surface area contributed by atoms with Crippen LogP contribution in [0.2, 0.25) is 0 Å². The van der Waals surface area contributed by atoms with E-state index in [-0.39, 0.29) is 0 Å². The van der Waals surface area contributed by atoms with Crippen LogP contribution < -0.4 is 5.32 Å². The Labute approximate surface area is 97.2 Å². The third-order valence-corrected chi connectivity index (χ3v) is 3.04. The second-order valence-corrected chi connectivity index (χ2v) is 4.66. The number of nitrogens with one attached hydrogen (secondary N) is 1. The molecule has 0 spiro atoms. The highest BCUT2D eigenvalue weighted by molar-refractivity contribution is 5.09. The smallest absolute Gasteiger partial charge is 0.0565 e. The van der Waals surface area contributed by atoms with E-state index in [1.807, 2.05) is 12.4 Å². The van der Waals surface area contributed by atoms with Gasteiger partial charge in [0, 0.05) is 25.0 Å². The van der Waals surface area contributed by atoms with Gasteiger partial charge in [-0.3, -0.25) is 4.98 Å². The second-order valence-electron chi connectivity index (χ2n) is 4.66. The SMILES string of the molecule is CC1CC(NCc2ccncc2)CC(C)O1. The molecule has 1 fully saturated rings. The fourth-order valence-electron chi connectivity index (χ4n) is 2.33. The van der Waals surface area contributed by atoms with E-state index >= 15 is 0 Å². The molecule has 1 N–H and O–H groups in total. The van der Waals surface area contributed by atoms with Crippen molar-refractivity contribution in [2.24, 2.45) is 0 Å². The maximum absolute atomic E-state index is 5.72. The van der Waals surface area contributed by atoms with Crippen LogP contribution in [0.5, 0.6) is 0 Å². The zero-order valence-electron chi connectivity index (χ0n) is 10.0. The molecule has 2 rings (SSSR count). The van der Waals surface area contributed by atoms with Gasteiger partial charge in [0.25, 0.3) is 0 Å². The third kappa shape index (κ3) is 3.29. The summed E-state index contributed by atoms with van der Waals surface area (Å²) >= 11 is 0. The predicted molar refractivity (Wildman–Crippen MR) is 64.1 cm³/mol. The highest BCUT2D eigenvalue weighted by Gasteiger charge is 2.23. The van der Waals surface area contributed by atoms with Gasteiger partial charge in [0.2, 0.25) is 0 Å². The van der Waals surface area contributed by atoms with E-state index in [0.717, 1.165) is 19.4 Å². The van der Waals surface area contributed by atoms with Crippen LogP contribution in [0.4, 0.5) is 0 Å². The van der Waals surface area contributed by atoms with Crippen LogP contribution in [0, 0.1) is 0 Å². The molecule has 0 amide bonds. The first-order valence-electron chi connectivity index (χ1n) is 6.02. The number of aromatic nitrogens is 1. The molecule has 1 aliphatic rings. The minimum atomic E-state index is 0.374. The minimum Gasteiger partial charge on any atom is -0.375 e. The van der Waals surface area contributed by atoms with Gasteiger partial charge in [-0.05, 0) is 44.4 Å². The molecule has 16 heavy (non-hydrogen) atoms. The van der Waals surface area contributed by atoms with Crippen LogP contribution in [0.1, 0.15) is 32.3 Å². The van der Waals surface area contributed by atoms with Gasteiger partial charge in [-0.25, -0.2) is 0 Å². The molecule has 0 saturated carbocycles.